The van der Waals surface area contributed by atoms with E-state index >= 15 is 0 Å². The predicted molar refractivity (Wildman–Crippen MR) is 52.4 cm³/mol. The zero-order valence-electron chi connectivity index (χ0n) is 8.74. The summed E-state index contributed by atoms with van der Waals surface area (Å²) in [4.78, 5) is 20.8. The van der Waals surface area contributed by atoms with Gasteiger partial charge in [0.15, 0.2) is 6.29 Å². The van der Waals surface area contributed by atoms with E-state index in [1.165, 1.54) is 6.92 Å². The van der Waals surface area contributed by atoms with Gasteiger partial charge in [-0.2, -0.15) is 0 Å². The first-order valence-electron chi connectivity index (χ1n) is 4.56. The Labute approximate surface area is 91.8 Å². The molecule has 4 atom stereocenters. The second-order valence-electron chi connectivity index (χ2n) is 3.34. The van der Waals surface area contributed by atoms with Crippen molar-refractivity contribution in [3.05, 3.63) is 0 Å². The number of rotatable bonds is 7. The highest BCUT2D eigenvalue weighted by molar-refractivity contribution is 5.74. The Morgan fingerprint density at radius 2 is 1.75 bits per heavy atom. The van der Waals surface area contributed by atoms with Crippen molar-refractivity contribution in [2.24, 2.45) is 11.5 Å². The first kappa shape index (κ1) is 14.8. The average molecular weight is 236 g/mol. The quantitative estimate of drug-likeness (QED) is 0.315. The molecule has 0 radical (unpaired) electrons. The molecule has 0 amide bonds. The maximum Gasteiger partial charge on any atom is 0.323 e. The van der Waals surface area contributed by atoms with Crippen molar-refractivity contribution in [3.63, 3.8) is 0 Å². The Morgan fingerprint density at radius 3 is 2.12 bits per heavy atom. The van der Waals surface area contributed by atoms with Crippen LogP contribution in [0.3, 0.4) is 0 Å². The summed E-state index contributed by atoms with van der Waals surface area (Å²) in [5.74, 6) is -2.56. The number of nitrogens with two attached hydrogens (primary N) is 2. The van der Waals surface area contributed by atoms with Crippen LogP contribution in [0.4, 0.5) is 0 Å². The lowest BCUT2D eigenvalue weighted by Gasteiger charge is -2.21. The van der Waals surface area contributed by atoms with Crippen LogP contribution in [0, 0.1) is 0 Å². The van der Waals surface area contributed by atoms with E-state index in [9.17, 15) is 14.7 Å². The van der Waals surface area contributed by atoms with E-state index in [1.54, 1.807) is 0 Å². The number of carboxylic acid groups (broad SMARTS) is 2. The van der Waals surface area contributed by atoms with Gasteiger partial charge in [0.05, 0.1) is 6.10 Å². The number of aliphatic hydroxyl groups is 1. The molecule has 0 aromatic rings. The zero-order valence-corrected chi connectivity index (χ0v) is 8.74. The summed E-state index contributed by atoms with van der Waals surface area (Å²) >= 11 is 0. The van der Waals surface area contributed by atoms with Gasteiger partial charge in [-0.15, -0.1) is 0 Å². The number of carbonyl (C=O) groups is 2. The van der Waals surface area contributed by atoms with E-state index in [0.717, 1.165) is 0 Å². The first-order valence-corrected chi connectivity index (χ1v) is 4.56. The van der Waals surface area contributed by atoms with Crippen LogP contribution in [0.25, 0.3) is 0 Å². The SMILES string of the molecule is C[C@H](O[C@H](O)C[C@H](N)C(=O)O)[C@@H](N)C(=O)O. The summed E-state index contributed by atoms with van der Waals surface area (Å²) < 4.78 is 4.80. The monoisotopic (exact) mass is 236 g/mol. The minimum Gasteiger partial charge on any atom is -0.480 e. The van der Waals surface area contributed by atoms with Crippen molar-refractivity contribution in [2.45, 2.75) is 37.8 Å². The largest absolute Gasteiger partial charge is 0.480 e. The molecule has 16 heavy (non-hydrogen) atoms. The lowest BCUT2D eigenvalue weighted by molar-refractivity contribution is -0.163. The van der Waals surface area contributed by atoms with Gasteiger partial charge in [0, 0.05) is 6.42 Å². The van der Waals surface area contributed by atoms with Crippen LogP contribution < -0.4 is 11.5 Å². The van der Waals surface area contributed by atoms with E-state index in [4.69, 9.17) is 26.4 Å². The maximum absolute atomic E-state index is 10.4. The average Bonchev–Trinajstić information content (AvgIpc) is 2.15. The first-order chi connectivity index (χ1) is 7.25. The van der Waals surface area contributed by atoms with E-state index in [2.05, 4.69) is 0 Å². The predicted octanol–water partition coefficient (Wildman–Crippen LogP) is -2.08. The molecule has 8 heteroatoms. The number of hydrogen-bond donors (Lipinski definition) is 5. The Morgan fingerprint density at radius 1 is 1.25 bits per heavy atom. The van der Waals surface area contributed by atoms with Gasteiger partial charge >= 0.3 is 11.9 Å². The minimum absolute atomic E-state index is 0.341. The molecule has 0 bridgehead atoms. The van der Waals surface area contributed by atoms with E-state index in [1.807, 2.05) is 0 Å². The summed E-state index contributed by atoms with van der Waals surface area (Å²) in [5.41, 5.74) is 10.4. The Kier molecular flexibility index (Phi) is 5.89. The third kappa shape index (κ3) is 5.03. The third-order valence-corrected chi connectivity index (χ3v) is 1.94. The van der Waals surface area contributed by atoms with Gasteiger partial charge in [-0.1, -0.05) is 0 Å². The Hall–Kier alpha value is -1.22. The molecule has 0 saturated heterocycles. The molecule has 0 unspecified atom stereocenters. The van der Waals surface area contributed by atoms with E-state index in [-0.39, 0.29) is 6.42 Å². The molecule has 0 aromatic carbocycles. The highest BCUT2D eigenvalue weighted by atomic mass is 16.6. The lowest BCUT2D eigenvalue weighted by Crippen LogP contribution is -2.44. The number of aliphatic hydroxyl groups excluding tert-OH is 1. The van der Waals surface area contributed by atoms with Gasteiger partial charge in [0.2, 0.25) is 0 Å². The van der Waals surface area contributed by atoms with Gasteiger partial charge < -0.3 is 31.5 Å². The molecular formula is C8H16N2O6. The molecule has 7 N–H and O–H groups in total. The molecule has 0 aromatic heterocycles. The fourth-order valence-corrected chi connectivity index (χ4v) is 0.907. The molecule has 0 rings (SSSR count). The van der Waals surface area contributed by atoms with Crippen LogP contribution in [0.2, 0.25) is 0 Å². The Bertz CT molecular complexity index is 259. The molecule has 0 aliphatic heterocycles. The molecule has 0 aliphatic carbocycles. The normalized spacial score (nSPS) is 18.5. The van der Waals surface area contributed by atoms with Crippen molar-refractivity contribution in [1.29, 1.82) is 0 Å². The fourth-order valence-electron chi connectivity index (χ4n) is 0.907. The number of hydrogen-bond acceptors (Lipinski definition) is 6. The molecule has 0 fully saturated rings. The topological polar surface area (TPSA) is 156 Å². The van der Waals surface area contributed by atoms with Gasteiger partial charge in [0.1, 0.15) is 12.1 Å². The number of carboxylic acids is 2. The maximum atomic E-state index is 10.4. The molecule has 0 spiro atoms. The molecule has 0 aliphatic rings. The van der Waals surface area contributed by atoms with Crippen LogP contribution in [0.15, 0.2) is 0 Å². The smallest absolute Gasteiger partial charge is 0.323 e. The van der Waals surface area contributed by atoms with Crippen molar-refractivity contribution < 1.29 is 29.6 Å². The van der Waals surface area contributed by atoms with Crippen LogP contribution in [0.1, 0.15) is 13.3 Å². The van der Waals surface area contributed by atoms with Crippen molar-refractivity contribution >= 4 is 11.9 Å². The zero-order chi connectivity index (χ0) is 12.9. The number of aliphatic carboxylic acids is 2. The van der Waals surface area contributed by atoms with Crippen molar-refractivity contribution in [1.82, 2.24) is 0 Å². The van der Waals surface area contributed by atoms with Gasteiger partial charge in [-0.3, -0.25) is 9.59 Å². The standard InChI is InChI=1S/C8H16N2O6/c1-3(6(10)8(14)15)16-5(11)2-4(9)7(12)13/h3-6,11H,2,9-10H2,1H3,(H,12,13)(H,14,15)/t3-,4-,5-,6+/m0/s1. The van der Waals surface area contributed by atoms with Gasteiger partial charge in [0.25, 0.3) is 0 Å². The van der Waals surface area contributed by atoms with Gasteiger partial charge in [-0.05, 0) is 6.92 Å². The lowest BCUT2D eigenvalue weighted by atomic mass is 10.2. The highest BCUT2D eigenvalue weighted by Crippen LogP contribution is 2.05. The summed E-state index contributed by atoms with van der Waals surface area (Å²) in [6.45, 7) is 1.36. The second-order valence-corrected chi connectivity index (χ2v) is 3.34. The molecule has 8 nitrogen and oxygen atoms in total. The fraction of sp³-hybridized carbons (Fsp3) is 0.750. The van der Waals surface area contributed by atoms with Crippen molar-refractivity contribution in [2.75, 3.05) is 0 Å². The molecule has 0 heterocycles. The van der Waals surface area contributed by atoms with Crippen LogP contribution in [-0.4, -0.2) is 51.7 Å². The van der Waals surface area contributed by atoms with Crippen molar-refractivity contribution in [3.8, 4) is 0 Å². The summed E-state index contributed by atoms with van der Waals surface area (Å²) in [6.07, 6.45) is -2.76. The van der Waals surface area contributed by atoms with E-state index < -0.39 is 36.4 Å². The van der Waals surface area contributed by atoms with Crippen LogP contribution in [0.5, 0.6) is 0 Å². The summed E-state index contributed by atoms with van der Waals surface area (Å²) in [5, 5.41) is 26.2. The number of ether oxygens (including phenoxy) is 1. The summed E-state index contributed by atoms with van der Waals surface area (Å²) in [7, 11) is 0. The summed E-state index contributed by atoms with van der Waals surface area (Å²) in [6, 6.07) is -2.57. The van der Waals surface area contributed by atoms with Crippen LogP contribution in [-0.2, 0) is 14.3 Å². The highest BCUT2D eigenvalue weighted by Gasteiger charge is 2.25. The minimum atomic E-state index is -1.47. The second kappa shape index (κ2) is 6.38. The third-order valence-electron chi connectivity index (χ3n) is 1.94. The molecular weight excluding hydrogens is 220 g/mol. The molecule has 0 saturated carbocycles. The Balaban J connectivity index is 4.09. The van der Waals surface area contributed by atoms with E-state index in [0.29, 0.717) is 0 Å². The van der Waals surface area contributed by atoms with Gasteiger partial charge in [-0.25, -0.2) is 0 Å². The molecule has 94 valence electrons. The van der Waals surface area contributed by atoms with Crippen LogP contribution >= 0.6 is 0 Å².